The van der Waals surface area contributed by atoms with Gasteiger partial charge in [0.15, 0.2) is 0 Å². The van der Waals surface area contributed by atoms with E-state index in [1.54, 1.807) is 33.8 Å². The number of esters is 1. The summed E-state index contributed by atoms with van der Waals surface area (Å²) < 4.78 is 31.3. The zero-order valence-corrected chi connectivity index (χ0v) is 13.8. The quantitative estimate of drug-likeness (QED) is 0.656. The molecule has 6 nitrogen and oxygen atoms in total. The van der Waals surface area contributed by atoms with Gasteiger partial charge in [0.2, 0.25) is 10.0 Å². The summed E-state index contributed by atoms with van der Waals surface area (Å²) in [6.07, 6.45) is 0. The Balaban J connectivity index is 3.40. The lowest BCUT2D eigenvalue weighted by molar-refractivity contribution is -0.141. The topological polar surface area (TPSA) is 89.7 Å². The van der Waals surface area contributed by atoms with Crippen LogP contribution in [0.2, 0.25) is 0 Å². The number of carbonyl (C=O) groups excluding carboxylic acids is 1. The number of anilines is 1. The number of hydrogen-bond donors (Lipinski definition) is 1. The molecule has 0 fully saturated rings. The lowest BCUT2D eigenvalue weighted by Crippen LogP contribution is -2.41. The minimum atomic E-state index is -3.83. The first kappa shape index (κ1) is 17.5. The first-order valence-corrected chi connectivity index (χ1v) is 8.00. The predicted octanol–water partition coefficient (Wildman–Crippen LogP) is 1.46. The summed E-state index contributed by atoms with van der Waals surface area (Å²) in [5.41, 5.74) is 7.54. The van der Waals surface area contributed by atoms with Crippen LogP contribution in [-0.4, -0.2) is 38.4 Å². The SMILES string of the molecule is COC(=O)CN(C(C)C)S(=O)(=O)c1cc(N)cc(C)c1C. The van der Waals surface area contributed by atoms with Crippen LogP contribution in [0.3, 0.4) is 0 Å². The highest BCUT2D eigenvalue weighted by molar-refractivity contribution is 7.89. The highest BCUT2D eigenvalue weighted by Gasteiger charge is 2.31. The van der Waals surface area contributed by atoms with Crippen LogP contribution in [0.4, 0.5) is 5.69 Å². The summed E-state index contributed by atoms with van der Waals surface area (Å²) in [7, 11) is -2.60. The second-order valence-corrected chi connectivity index (χ2v) is 7.04. The van der Waals surface area contributed by atoms with Crippen molar-refractivity contribution >= 4 is 21.7 Å². The van der Waals surface area contributed by atoms with Crippen molar-refractivity contribution in [2.75, 3.05) is 19.4 Å². The Hall–Kier alpha value is -1.60. The van der Waals surface area contributed by atoms with Crippen molar-refractivity contribution in [3.8, 4) is 0 Å². The van der Waals surface area contributed by atoms with Crippen molar-refractivity contribution in [3.63, 3.8) is 0 Å². The molecule has 0 radical (unpaired) electrons. The largest absolute Gasteiger partial charge is 0.468 e. The molecule has 0 atom stereocenters. The third kappa shape index (κ3) is 3.74. The number of methoxy groups -OCH3 is 1. The number of rotatable bonds is 5. The zero-order chi connectivity index (χ0) is 16.4. The lowest BCUT2D eigenvalue weighted by Gasteiger charge is -2.26. The molecule has 1 rings (SSSR count). The first-order valence-electron chi connectivity index (χ1n) is 6.56. The van der Waals surface area contributed by atoms with Gasteiger partial charge in [-0.15, -0.1) is 0 Å². The number of sulfonamides is 1. The maximum atomic E-state index is 12.8. The number of carbonyl (C=O) groups is 1. The molecule has 0 bridgehead atoms. The van der Waals surface area contributed by atoms with Crippen molar-refractivity contribution in [1.82, 2.24) is 4.31 Å². The Bertz CT molecular complexity index is 639. The van der Waals surface area contributed by atoms with Crippen molar-refractivity contribution < 1.29 is 17.9 Å². The molecule has 0 heterocycles. The Morgan fingerprint density at radius 2 is 1.90 bits per heavy atom. The third-order valence-electron chi connectivity index (χ3n) is 3.32. The van der Waals surface area contributed by atoms with Gasteiger partial charge in [0.25, 0.3) is 0 Å². The lowest BCUT2D eigenvalue weighted by atomic mass is 10.1. The molecule has 0 unspecified atom stereocenters. The molecule has 21 heavy (non-hydrogen) atoms. The van der Waals surface area contributed by atoms with Gasteiger partial charge >= 0.3 is 5.97 Å². The number of nitrogen functional groups attached to an aromatic ring is 1. The number of aryl methyl sites for hydroxylation is 1. The average molecular weight is 314 g/mol. The summed E-state index contributed by atoms with van der Waals surface area (Å²) in [6, 6.07) is 2.76. The second kappa shape index (κ2) is 6.44. The van der Waals surface area contributed by atoms with Crippen LogP contribution in [0.25, 0.3) is 0 Å². The van der Waals surface area contributed by atoms with Gasteiger partial charge in [-0.25, -0.2) is 8.42 Å². The van der Waals surface area contributed by atoms with Gasteiger partial charge in [-0.1, -0.05) is 0 Å². The second-order valence-electron chi connectivity index (χ2n) is 5.18. The van der Waals surface area contributed by atoms with Gasteiger partial charge in [0, 0.05) is 11.7 Å². The van der Waals surface area contributed by atoms with Gasteiger partial charge in [-0.2, -0.15) is 4.31 Å². The van der Waals surface area contributed by atoms with Crippen molar-refractivity contribution in [2.24, 2.45) is 0 Å². The maximum absolute atomic E-state index is 12.8. The van der Waals surface area contributed by atoms with Gasteiger partial charge in [0.05, 0.1) is 12.0 Å². The van der Waals surface area contributed by atoms with E-state index >= 15 is 0 Å². The van der Waals surface area contributed by atoms with E-state index in [1.165, 1.54) is 13.2 Å². The molecule has 0 spiro atoms. The third-order valence-corrected chi connectivity index (χ3v) is 5.47. The van der Waals surface area contributed by atoms with Crippen LogP contribution < -0.4 is 5.73 Å². The van der Waals surface area contributed by atoms with E-state index in [4.69, 9.17) is 5.73 Å². The number of nitrogens with two attached hydrogens (primary N) is 1. The summed E-state index contributed by atoms with van der Waals surface area (Å²) in [5, 5.41) is 0. The van der Waals surface area contributed by atoms with E-state index in [0.717, 1.165) is 9.87 Å². The van der Waals surface area contributed by atoms with Gasteiger partial charge in [-0.05, 0) is 51.0 Å². The summed E-state index contributed by atoms with van der Waals surface area (Å²) >= 11 is 0. The highest BCUT2D eigenvalue weighted by atomic mass is 32.2. The standard InChI is InChI=1S/C14H22N2O4S/c1-9(2)16(8-14(17)20-5)21(18,19)13-7-12(15)6-10(3)11(13)4/h6-7,9H,8,15H2,1-5H3. The smallest absolute Gasteiger partial charge is 0.321 e. The molecule has 0 aromatic heterocycles. The Morgan fingerprint density at radius 1 is 1.33 bits per heavy atom. The summed E-state index contributed by atoms with van der Waals surface area (Å²) in [6.45, 7) is 6.59. The van der Waals surface area contributed by atoms with Crippen LogP contribution in [0.5, 0.6) is 0 Å². The normalized spacial score (nSPS) is 12.0. The van der Waals surface area contributed by atoms with Crippen LogP contribution >= 0.6 is 0 Å². The monoisotopic (exact) mass is 314 g/mol. The molecule has 118 valence electrons. The van der Waals surface area contributed by atoms with Crippen LogP contribution in [-0.2, 0) is 19.6 Å². The molecule has 0 amide bonds. The molecule has 0 aliphatic rings. The van der Waals surface area contributed by atoms with Gasteiger partial charge in [-0.3, -0.25) is 4.79 Å². The van der Waals surface area contributed by atoms with E-state index in [-0.39, 0.29) is 17.5 Å². The van der Waals surface area contributed by atoms with Crippen molar-refractivity contribution in [3.05, 3.63) is 23.3 Å². The maximum Gasteiger partial charge on any atom is 0.321 e. The van der Waals surface area contributed by atoms with E-state index in [1.807, 2.05) is 0 Å². The van der Waals surface area contributed by atoms with E-state index in [0.29, 0.717) is 11.3 Å². The van der Waals surface area contributed by atoms with E-state index in [9.17, 15) is 13.2 Å². The molecule has 1 aromatic carbocycles. The molecule has 0 aliphatic heterocycles. The highest BCUT2D eigenvalue weighted by Crippen LogP contribution is 2.26. The van der Waals surface area contributed by atoms with Crippen LogP contribution in [0, 0.1) is 13.8 Å². The molecule has 7 heteroatoms. The summed E-state index contributed by atoms with van der Waals surface area (Å²) in [4.78, 5) is 11.6. The minimum absolute atomic E-state index is 0.123. The Morgan fingerprint density at radius 3 is 2.38 bits per heavy atom. The number of benzene rings is 1. The molecule has 0 saturated heterocycles. The molecule has 1 aromatic rings. The Kier molecular flexibility index (Phi) is 5.36. The van der Waals surface area contributed by atoms with Gasteiger partial charge < -0.3 is 10.5 Å². The number of hydrogen-bond acceptors (Lipinski definition) is 5. The molecular weight excluding hydrogens is 292 g/mol. The fourth-order valence-electron chi connectivity index (χ4n) is 1.99. The van der Waals surface area contributed by atoms with Crippen LogP contribution in [0.15, 0.2) is 17.0 Å². The zero-order valence-electron chi connectivity index (χ0n) is 13.0. The molecule has 2 N–H and O–H groups in total. The molecule has 0 aliphatic carbocycles. The first-order chi connectivity index (χ1) is 9.61. The van der Waals surface area contributed by atoms with Crippen molar-refractivity contribution in [1.29, 1.82) is 0 Å². The average Bonchev–Trinajstić information content (AvgIpc) is 2.38. The number of nitrogens with zero attached hydrogens (tertiary/aromatic N) is 1. The fourth-order valence-corrected chi connectivity index (χ4v) is 3.90. The Labute approximate surface area is 125 Å². The molecule has 0 saturated carbocycles. The number of ether oxygens (including phenoxy) is 1. The van der Waals surface area contributed by atoms with Crippen LogP contribution in [0.1, 0.15) is 25.0 Å². The van der Waals surface area contributed by atoms with E-state index < -0.39 is 16.0 Å². The van der Waals surface area contributed by atoms with Gasteiger partial charge in [0.1, 0.15) is 6.54 Å². The summed E-state index contributed by atoms with van der Waals surface area (Å²) in [5.74, 6) is -0.606. The van der Waals surface area contributed by atoms with E-state index in [2.05, 4.69) is 4.74 Å². The predicted molar refractivity (Wildman–Crippen MR) is 81.4 cm³/mol. The minimum Gasteiger partial charge on any atom is -0.468 e. The van der Waals surface area contributed by atoms with Crippen molar-refractivity contribution in [2.45, 2.75) is 38.6 Å². The molecular formula is C14H22N2O4S. The fraction of sp³-hybridized carbons (Fsp3) is 0.500.